The smallest absolute Gasteiger partial charge is 0.256 e. The van der Waals surface area contributed by atoms with Crippen LogP contribution in [0.3, 0.4) is 0 Å². The van der Waals surface area contributed by atoms with Crippen LogP contribution < -0.4 is 10.5 Å². The van der Waals surface area contributed by atoms with E-state index in [2.05, 4.69) is 4.98 Å². The minimum atomic E-state index is 0.0311. The number of anilines is 1. The summed E-state index contributed by atoms with van der Waals surface area (Å²) in [5.74, 6) is 0.531. The van der Waals surface area contributed by atoms with E-state index in [1.54, 1.807) is 11.1 Å². The summed E-state index contributed by atoms with van der Waals surface area (Å²) in [5.41, 5.74) is 2.66. The molecule has 0 saturated heterocycles. The number of rotatable bonds is 6. The molecule has 3 aromatic rings. The number of hydrogen-bond acceptors (Lipinski definition) is 5. The first-order valence-corrected chi connectivity index (χ1v) is 9.94. The van der Waals surface area contributed by atoms with Crippen molar-refractivity contribution in [2.75, 3.05) is 25.1 Å². The Balaban J connectivity index is 1.85. The summed E-state index contributed by atoms with van der Waals surface area (Å²) in [6.07, 6.45) is 6.71. The predicted octanol–water partition coefficient (Wildman–Crippen LogP) is 2.93. The maximum absolute atomic E-state index is 13.4. The molecule has 1 fully saturated rings. The molecule has 2 aromatic heterocycles. The van der Waals surface area contributed by atoms with Crippen molar-refractivity contribution in [1.29, 1.82) is 0 Å². The summed E-state index contributed by atoms with van der Waals surface area (Å²) >= 11 is 0. The second-order valence-electron chi connectivity index (χ2n) is 7.54. The SMILES string of the molecule is CN(CCO)c1ncc2cc(Cc3ccccc3)c(=O)n(C3CCCC3)c2n1. The molecule has 0 aliphatic heterocycles. The fourth-order valence-corrected chi connectivity index (χ4v) is 4.05. The van der Waals surface area contributed by atoms with E-state index in [-0.39, 0.29) is 18.2 Å². The number of aliphatic hydroxyl groups excluding tert-OH is 1. The van der Waals surface area contributed by atoms with Gasteiger partial charge in [-0.15, -0.1) is 0 Å². The van der Waals surface area contributed by atoms with Crippen LogP contribution in [0, 0.1) is 0 Å². The predicted molar refractivity (Wildman–Crippen MR) is 111 cm³/mol. The molecule has 1 aliphatic rings. The van der Waals surface area contributed by atoms with E-state index in [0.717, 1.165) is 42.2 Å². The van der Waals surface area contributed by atoms with E-state index in [4.69, 9.17) is 4.98 Å². The first kappa shape index (κ1) is 18.6. The lowest BCUT2D eigenvalue weighted by molar-refractivity contribution is 0.303. The van der Waals surface area contributed by atoms with Crippen molar-refractivity contribution < 1.29 is 5.11 Å². The van der Waals surface area contributed by atoms with Gasteiger partial charge in [0, 0.05) is 43.2 Å². The fourth-order valence-electron chi connectivity index (χ4n) is 4.05. The molecule has 0 atom stereocenters. The lowest BCUT2D eigenvalue weighted by Crippen LogP contribution is -2.29. The Morgan fingerprint density at radius 3 is 2.68 bits per heavy atom. The second kappa shape index (κ2) is 8.10. The number of nitrogens with zero attached hydrogens (tertiary/aromatic N) is 4. The van der Waals surface area contributed by atoms with Gasteiger partial charge in [0.15, 0.2) is 0 Å². The standard InChI is InChI=1S/C22H26N4O2/c1-25(11-12-27)22-23-15-18-14-17(13-16-7-3-2-4-8-16)21(28)26(20(18)24-22)19-9-5-6-10-19/h2-4,7-8,14-15,19,27H,5-6,9-13H2,1H3. The molecule has 0 bridgehead atoms. The van der Waals surface area contributed by atoms with Crippen LogP contribution in [0.2, 0.25) is 0 Å². The molecule has 0 amide bonds. The van der Waals surface area contributed by atoms with Gasteiger partial charge in [0.05, 0.1) is 6.61 Å². The van der Waals surface area contributed by atoms with Gasteiger partial charge in [-0.1, -0.05) is 43.2 Å². The Morgan fingerprint density at radius 1 is 1.21 bits per heavy atom. The van der Waals surface area contributed by atoms with Crippen LogP contribution in [0.1, 0.15) is 42.9 Å². The molecule has 0 radical (unpaired) electrons. The number of hydrogen-bond donors (Lipinski definition) is 1. The maximum atomic E-state index is 13.4. The summed E-state index contributed by atoms with van der Waals surface area (Å²) < 4.78 is 1.90. The third-order valence-corrected chi connectivity index (χ3v) is 5.54. The van der Waals surface area contributed by atoms with Crippen LogP contribution in [0.25, 0.3) is 11.0 Å². The number of aliphatic hydroxyl groups is 1. The minimum Gasteiger partial charge on any atom is -0.395 e. The Morgan fingerprint density at radius 2 is 1.96 bits per heavy atom. The van der Waals surface area contributed by atoms with Gasteiger partial charge in [0.2, 0.25) is 5.95 Å². The zero-order valence-electron chi connectivity index (χ0n) is 16.2. The molecule has 1 saturated carbocycles. The van der Waals surface area contributed by atoms with E-state index >= 15 is 0 Å². The monoisotopic (exact) mass is 378 g/mol. The number of pyridine rings is 1. The van der Waals surface area contributed by atoms with E-state index < -0.39 is 0 Å². The minimum absolute atomic E-state index is 0.0311. The van der Waals surface area contributed by atoms with E-state index in [1.807, 2.05) is 48.0 Å². The highest BCUT2D eigenvalue weighted by atomic mass is 16.3. The van der Waals surface area contributed by atoms with Crippen molar-refractivity contribution in [2.24, 2.45) is 0 Å². The van der Waals surface area contributed by atoms with Crippen molar-refractivity contribution in [3.8, 4) is 0 Å². The summed E-state index contributed by atoms with van der Waals surface area (Å²) in [6.45, 7) is 0.481. The van der Waals surface area contributed by atoms with Gasteiger partial charge in [0.25, 0.3) is 5.56 Å². The number of benzene rings is 1. The Bertz CT molecular complexity index is 1010. The molecule has 6 heteroatoms. The quantitative estimate of drug-likeness (QED) is 0.714. The van der Waals surface area contributed by atoms with Gasteiger partial charge in [-0.3, -0.25) is 9.36 Å². The van der Waals surface area contributed by atoms with Crippen molar-refractivity contribution in [3.05, 3.63) is 64.1 Å². The lowest BCUT2D eigenvalue weighted by atomic mass is 10.0. The topological polar surface area (TPSA) is 71.2 Å². The van der Waals surface area contributed by atoms with Gasteiger partial charge in [-0.2, -0.15) is 4.98 Å². The zero-order chi connectivity index (χ0) is 19.5. The van der Waals surface area contributed by atoms with Crippen molar-refractivity contribution >= 4 is 17.0 Å². The molecule has 1 aromatic carbocycles. The summed E-state index contributed by atoms with van der Waals surface area (Å²) in [5, 5.41) is 10.1. The highest BCUT2D eigenvalue weighted by Gasteiger charge is 2.23. The number of fused-ring (bicyclic) bond motifs is 1. The lowest BCUT2D eigenvalue weighted by Gasteiger charge is -2.20. The first-order chi connectivity index (χ1) is 13.7. The average Bonchev–Trinajstić information content (AvgIpc) is 3.23. The molecule has 0 unspecified atom stereocenters. The molecule has 146 valence electrons. The first-order valence-electron chi connectivity index (χ1n) is 9.94. The third-order valence-electron chi connectivity index (χ3n) is 5.54. The fraction of sp³-hybridized carbons (Fsp3) is 0.409. The van der Waals surface area contributed by atoms with E-state index in [0.29, 0.717) is 24.6 Å². The molecule has 4 rings (SSSR count). The van der Waals surface area contributed by atoms with Gasteiger partial charge >= 0.3 is 0 Å². The van der Waals surface area contributed by atoms with Crippen LogP contribution in [0.15, 0.2) is 47.4 Å². The Kier molecular flexibility index (Phi) is 5.39. The Labute approximate surface area is 164 Å². The summed E-state index contributed by atoms with van der Waals surface area (Å²) in [6, 6.07) is 12.2. The molecule has 0 spiro atoms. The summed E-state index contributed by atoms with van der Waals surface area (Å²) in [4.78, 5) is 24.4. The van der Waals surface area contributed by atoms with Crippen LogP contribution in [-0.2, 0) is 6.42 Å². The van der Waals surface area contributed by atoms with Crippen molar-refractivity contribution in [2.45, 2.75) is 38.1 Å². The second-order valence-corrected chi connectivity index (χ2v) is 7.54. The highest BCUT2D eigenvalue weighted by molar-refractivity contribution is 5.76. The highest BCUT2D eigenvalue weighted by Crippen LogP contribution is 2.31. The molecule has 1 N–H and O–H groups in total. The maximum Gasteiger partial charge on any atom is 0.256 e. The average molecular weight is 378 g/mol. The molecular formula is C22H26N4O2. The number of aromatic nitrogens is 3. The van der Waals surface area contributed by atoms with Crippen LogP contribution >= 0.6 is 0 Å². The zero-order valence-corrected chi connectivity index (χ0v) is 16.2. The Hall–Kier alpha value is -2.73. The molecule has 6 nitrogen and oxygen atoms in total. The van der Waals surface area contributed by atoms with Gasteiger partial charge in [-0.05, 0) is 24.5 Å². The summed E-state index contributed by atoms with van der Waals surface area (Å²) in [7, 11) is 1.85. The van der Waals surface area contributed by atoms with E-state index in [1.165, 1.54) is 0 Å². The molecule has 1 aliphatic carbocycles. The molecular weight excluding hydrogens is 352 g/mol. The van der Waals surface area contributed by atoms with Crippen LogP contribution in [0.5, 0.6) is 0 Å². The molecule has 2 heterocycles. The largest absolute Gasteiger partial charge is 0.395 e. The number of likely N-dealkylation sites (N-methyl/N-ethyl adjacent to an activating group) is 1. The van der Waals surface area contributed by atoms with Crippen LogP contribution in [0.4, 0.5) is 5.95 Å². The van der Waals surface area contributed by atoms with Gasteiger partial charge < -0.3 is 10.0 Å². The third kappa shape index (κ3) is 3.64. The van der Waals surface area contributed by atoms with Gasteiger partial charge in [0.1, 0.15) is 5.65 Å². The van der Waals surface area contributed by atoms with Crippen LogP contribution in [-0.4, -0.2) is 39.8 Å². The van der Waals surface area contributed by atoms with E-state index in [9.17, 15) is 9.90 Å². The van der Waals surface area contributed by atoms with Gasteiger partial charge in [-0.25, -0.2) is 4.98 Å². The van der Waals surface area contributed by atoms with Crippen molar-refractivity contribution in [3.63, 3.8) is 0 Å². The molecule has 28 heavy (non-hydrogen) atoms. The normalized spacial score (nSPS) is 14.6. The van der Waals surface area contributed by atoms with Crippen molar-refractivity contribution in [1.82, 2.24) is 14.5 Å².